The molecule has 1 aliphatic rings. The molecule has 16 heavy (non-hydrogen) atoms. The molecule has 0 aromatic heterocycles. The molecule has 0 saturated heterocycles. The van der Waals surface area contributed by atoms with Crippen LogP contribution in [0.5, 0.6) is 0 Å². The van der Waals surface area contributed by atoms with Crippen molar-refractivity contribution < 1.29 is 0 Å². The van der Waals surface area contributed by atoms with Crippen LogP contribution in [0.15, 0.2) is 52.8 Å². The fourth-order valence-electron chi connectivity index (χ4n) is 1.85. The third kappa shape index (κ3) is 1.39. The van der Waals surface area contributed by atoms with Crippen molar-refractivity contribution in [1.82, 2.24) is 0 Å². The number of hydrogen-bond acceptors (Lipinski definition) is 3. The number of hydrogen-bond donors (Lipinski definition) is 0. The molecular formula is C12H9N3S. The van der Waals surface area contributed by atoms with Crippen LogP contribution in [0, 0.1) is 0 Å². The first-order valence-corrected chi connectivity index (χ1v) is 5.45. The second kappa shape index (κ2) is 3.64. The van der Waals surface area contributed by atoms with E-state index in [2.05, 4.69) is 28.5 Å². The van der Waals surface area contributed by atoms with Crippen molar-refractivity contribution in [2.75, 3.05) is 11.6 Å². The standard InChI is InChI=1S/C12H9N3S/c16-12-8-13-14-15(12)11-7-3-5-9-4-1-2-6-10(9)11/h1-7H,8H2. The molecule has 4 heteroatoms. The van der Waals surface area contributed by atoms with Crippen LogP contribution < -0.4 is 5.01 Å². The highest BCUT2D eigenvalue weighted by Gasteiger charge is 2.17. The third-order valence-corrected chi connectivity index (χ3v) is 2.89. The Labute approximate surface area is 98.4 Å². The number of anilines is 1. The van der Waals surface area contributed by atoms with E-state index in [1.807, 2.05) is 24.3 Å². The van der Waals surface area contributed by atoms with Gasteiger partial charge in [-0.1, -0.05) is 53.8 Å². The van der Waals surface area contributed by atoms with Crippen molar-refractivity contribution >= 4 is 33.7 Å². The fraction of sp³-hybridized carbons (Fsp3) is 0.0833. The van der Waals surface area contributed by atoms with Gasteiger partial charge in [-0.3, -0.25) is 0 Å². The highest BCUT2D eigenvalue weighted by atomic mass is 32.1. The van der Waals surface area contributed by atoms with E-state index in [0.29, 0.717) is 6.54 Å². The zero-order chi connectivity index (χ0) is 11.0. The normalized spacial score (nSPS) is 15.0. The van der Waals surface area contributed by atoms with Crippen LogP contribution >= 0.6 is 12.2 Å². The van der Waals surface area contributed by atoms with Gasteiger partial charge in [-0.05, 0) is 11.5 Å². The Morgan fingerprint density at radius 2 is 1.88 bits per heavy atom. The highest BCUT2D eigenvalue weighted by molar-refractivity contribution is 7.80. The smallest absolute Gasteiger partial charge is 0.130 e. The summed E-state index contributed by atoms with van der Waals surface area (Å²) in [7, 11) is 0. The summed E-state index contributed by atoms with van der Waals surface area (Å²) in [5.41, 5.74) is 1.00. The lowest BCUT2D eigenvalue weighted by Gasteiger charge is -2.14. The number of nitrogens with zero attached hydrogens (tertiary/aromatic N) is 3. The van der Waals surface area contributed by atoms with Crippen molar-refractivity contribution in [3.05, 3.63) is 42.5 Å². The van der Waals surface area contributed by atoms with Crippen molar-refractivity contribution in [2.24, 2.45) is 10.3 Å². The molecule has 0 aliphatic carbocycles. The van der Waals surface area contributed by atoms with Crippen LogP contribution in [0.25, 0.3) is 10.8 Å². The van der Waals surface area contributed by atoms with Crippen LogP contribution in [0.4, 0.5) is 5.69 Å². The van der Waals surface area contributed by atoms with Gasteiger partial charge in [-0.25, -0.2) is 5.01 Å². The molecular weight excluding hydrogens is 218 g/mol. The van der Waals surface area contributed by atoms with Crippen molar-refractivity contribution in [3.8, 4) is 0 Å². The Morgan fingerprint density at radius 1 is 1.06 bits per heavy atom. The van der Waals surface area contributed by atoms with Gasteiger partial charge in [0.25, 0.3) is 0 Å². The van der Waals surface area contributed by atoms with Gasteiger partial charge in [0.2, 0.25) is 0 Å². The Kier molecular flexibility index (Phi) is 2.15. The lowest BCUT2D eigenvalue weighted by Crippen LogP contribution is -2.20. The van der Waals surface area contributed by atoms with Crippen LogP contribution in [0.1, 0.15) is 0 Å². The molecule has 0 radical (unpaired) electrons. The van der Waals surface area contributed by atoms with E-state index in [1.54, 1.807) is 5.01 Å². The van der Waals surface area contributed by atoms with E-state index in [1.165, 1.54) is 5.39 Å². The van der Waals surface area contributed by atoms with Gasteiger partial charge < -0.3 is 0 Å². The summed E-state index contributed by atoms with van der Waals surface area (Å²) < 4.78 is 0. The minimum absolute atomic E-state index is 0.512. The lowest BCUT2D eigenvalue weighted by molar-refractivity contribution is 1.05. The Hall–Kier alpha value is -1.81. The van der Waals surface area contributed by atoms with Crippen LogP contribution in [-0.2, 0) is 0 Å². The van der Waals surface area contributed by atoms with E-state index >= 15 is 0 Å². The molecule has 3 rings (SSSR count). The Bertz CT molecular complexity index is 586. The molecule has 0 N–H and O–H groups in total. The predicted molar refractivity (Wildman–Crippen MR) is 68.7 cm³/mol. The molecule has 1 heterocycles. The largest absolute Gasteiger partial charge is 0.206 e. The maximum absolute atomic E-state index is 5.22. The molecule has 0 fully saturated rings. The Balaban J connectivity index is 2.23. The summed E-state index contributed by atoms with van der Waals surface area (Å²) in [5.74, 6) is 0. The molecule has 0 amide bonds. The number of fused-ring (bicyclic) bond motifs is 1. The quantitative estimate of drug-likeness (QED) is 0.699. The second-order valence-electron chi connectivity index (χ2n) is 3.59. The molecule has 0 unspecified atom stereocenters. The van der Waals surface area contributed by atoms with Crippen LogP contribution in [0.3, 0.4) is 0 Å². The summed E-state index contributed by atoms with van der Waals surface area (Å²) >= 11 is 5.22. The van der Waals surface area contributed by atoms with E-state index in [4.69, 9.17) is 12.2 Å². The van der Waals surface area contributed by atoms with Crippen molar-refractivity contribution in [2.45, 2.75) is 0 Å². The van der Waals surface area contributed by atoms with Gasteiger partial charge in [0.1, 0.15) is 11.5 Å². The minimum atomic E-state index is 0.512. The number of benzene rings is 2. The van der Waals surface area contributed by atoms with Crippen LogP contribution in [0.2, 0.25) is 0 Å². The summed E-state index contributed by atoms with van der Waals surface area (Å²) in [4.78, 5) is 0.747. The molecule has 0 bridgehead atoms. The van der Waals surface area contributed by atoms with Crippen molar-refractivity contribution in [3.63, 3.8) is 0 Å². The maximum Gasteiger partial charge on any atom is 0.130 e. The SMILES string of the molecule is S=C1CN=NN1c1cccc2ccccc12. The van der Waals surface area contributed by atoms with Gasteiger partial charge in [0.15, 0.2) is 0 Å². The molecule has 0 saturated carbocycles. The first-order chi connectivity index (χ1) is 7.86. The summed E-state index contributed by atoms with van der Waals surface area (Å²) in [6.45, 7) is 0.512. The molecule has 2 aromatic rings. The highest BCUT2D eigenvalue weighted by Crippen LogP contribution is 2.28. The molecule has 0 spiro atoms. The van der Waals surface area contributed by atoms with Crippen LogP contribution in [-0.4, -0.2) is 11.5 Å². The topological polar surface area (TPSA) is 28.0 Å². The average Bonchev–Trinajstić information content (AvgIpc) is 2.75. The van der Waals surface area contributed by atoms with E-state index < -0.39 is 0 Å². The summed E-state index contributed by atoms with van der Waals surface area (Å²) in [6.07, 6.45) is 0. The summed E-state index contributed by atoms with van der Waals surface area (Å²) in [6, 6.07) is 14.3. The number of rotatable bonds is 1. The van der Waals surface area contributed by atoms with Crippen molar-refractivity contribution in [1.29, 1.82) is 0 Å². The molecule has 3 nitrogen and oxygen atoms in total. The zero-order valence-corrected chi connectivity index (χ0v) is 9.31. The first kappa shape index (κ1) is 9.42. The maximum atomic E-state index is 5.22. The predicted octanol–water partition coefficient (Wildman–Crippen LogP) is 3.35. The average molecular weight is 227 g/mol. The lowest BCUT2D eigenvalue weighted by atomic mass is 10.1. The fourth-order valence-corrected chi connectivity index (χ4v) is 2.04. The minimum Gasteiger partial charge on any atom is -0.206 e. The monoisotopic (exact) mass is 227 g/mol. The van der Waals surface area contributed by atoms with E-state index in [-0.39, 0.29) is 0 Å². The zero-order valence-electron chi connectivity index (χ0n) is 8.50. The second-order valence-corrected chi connectivity index (χ2v) is 4.06. The van der Waals surface area contributed by atoms with E-state index in [9.17, 15) is 0 Å². The van der Waals surface area contributed by atoms with E-state index in [0.717, 1.165) is 16.1 Å². The number of thiocarbonyl (C=S) groups is 1. The van der Waals surface area contributed by atoms with Gasteiger partial charge >= 0.3 is 0 Å². The third-order valence-electron chi connectivity index (χ3n) is 2.59. The van der Waals surface area contributed by atoms with Gasteiger partial charge in [0, 0.05) is 5.39 Å². The van der Waals surface area contributed by atoms with Gasteiger partial charge in [0.05, 0.1) is 5.69 Å². The summed E-state index contributed by atoms with van der Waals surface area (Å²) in [5, 5.41) is 12.1. The Morgan fingerprint density at radius 3 is 2.69 bits per heavy atom. The molecule has 0 atom stereocenters. The van der Waals surface area contributed by atoms with Gasteiger partial charge in [-0.2, -0.15) is 5.11 Å². The molecule has 78 valence electrons. The molecule has 1 aliphatic heterocycles. The molecule has 2 aromatic carbocycles. The first-order valence-electron chi connectivity index (χ1n) is 5.04. The van der Waals surface area contributed by atoms with Gasteiger partial charge in [-0.15, -0.1) is 0 Å².